The van der Waals surface area contributed by atoms with Crippen molar-refractivity contribution in [3.8, 4) is 0 Å². The van der Waals surface area contributed by atoms with Crippen molar-refractivity contribution in [2.45, 2.75) is 19.8 Å². The van der Waals surface area contributed by atoms with E-state index in [-0.39, 0.29) is 11.8 Å². The van der Waals surface area contributed by atoms with Crippen LogP contribution in [0.25, 0.3) is 0 Å². The van der Waals surface area contributed by atoms with E-state index in [1.54, 1.807) is 11.8 Å². The quantitative estimate of drug-likeness (QED) is 0.752. The predicted octanol–water partition coefficient (Wildman–Crippen LogP) is 0.261. The maximum atomic E-state index is 12.2. The standard InChI is InChI=1S/C12H20N2O3/c1-12(11(16)17)4-6-14(8-12)10(15)9-3-5-13(2)7-9/h9H,3-8H2,1-2H3,(H,16,17). The molecule has 5 nitrogen and oxygen atoms in total. The summed E-state index contributed by atoms with van der Waals surface area (Å²) >= 11 is 0. The van der Waals surface area contributed by atoms with E-state index in [9.17, 15) is 9.59 Å². The van der Waals surface area contributed by atoms with Crippen LogP contribution in [0.5, 0.6) is 0 Å². The minimum atomic E-state index is -0.795. The van der Waals surface area contributed by atoms with Crippen LogP contribution in [0.1, 0.15) is 19.8 Å². The first-order chi connectivity index (χ1) is 7.92. The van der Waals surface area contributed by atoms with Crippen LogP contribution in [-0.2, 0) is 9.59 Å². The topological polar surface area (TPSA) is 60.9 Å². The zero-order valence-electron chi connectivity index (χ0n) is 10.5. The number of nitrogens with zero attached hydrogens (tertiary/aromatic N) is 2. The van der Waals surface area contributed by atoms with Crippen molar-refractivity contribution in [3.05, 3.63) is 0 Å². The van der Waals surface area contributed by atoms with Gasteiger partial charge in [0.2, 0.25) is 5.91 Å². The maximum absolute atomic E-state index is 12.2. The molecule has 5 heteroatoms. The summed E-state index contributed by atoms with van der Waals surface area (Å²) < 4.78 is 0. The molecule has 2 fully saturated rings. The highest BCUT2D eigenvalue weighted by molar-refractivity contribution is 5.82. The molecule has 0 saturated carbocycles. The molecule has 1 amide bonds. The van der Waals surface area contributed by atoms with E-state index in [2.05, 4.69) is 4.90 Å². The lowest BCUT2D eigenvalue weighted by atomic mass is 9.90. The number of aliphatic carboxylic acids is 1. The molecule has 0 radical (unpaired) electrons. The molecule has 2 saturated heterocycles. The van der Waals surface area contributed by atoms with Gasteiger partial charge in [0.15, 0.2) is 0 Å². The van der Waals surface area contributed by atoms with Gasteiger partial charge in [-0.15, -0.1) is 0 Å². The molecule has 17 heavy (non-hydrogen) atoms. The molecule has 2 rings (SSSR count). The number of carboxylic acids is 1. The van der Waals surface area contributed by atoms with E-state index in [0.717, 1.165) is 19.5 Å². The van der Waals surface area contributed by atoms with Crippen molar-refractivity contribution >= 4 is 11.9 Å². The fraction of sp³-hybridized carbons (Fsp3) is 0.833. The third kappa shape index (κ3) is 2.29. The zero-order chi connectivity index (χ0) is 12.6. The zero-order valence-corrected chi connectivity index (χ0v) is 10.5. The lowest BCUT2D eigenvalue weighted by molar-refractivity contribution is -0.147. The van der Waals surface area contributed by atoms with Crippen molar-refractivity contribution < 1.29 is 14.7 Å². The summed E-state index contributed by atoms with van der Waals surface area (Å²) in [6.07, 6.45) is 1.46. The summed E-state index contributed by atoms with van der Waals surface area (Å²) in [5, 5.41) is 9.13. The van der Waals surface area contributed by atoms with Gasteiger partial charge in [-0.3, -0.25) is 9.59 Å². The first kappa shape index (κ1) is 12.4. The molecule has 2 aliphatic rings. The molecule has 0 aromatic carbocycles. The molecular formula is C12H20N2O3. The second-order valence-corrected chi connectivity index (χ2v) is 5.62. The maximum Gasteiger partial charge on any atom is 0.311 e. The normalized spacial score (nSPS) is 34.2. The minimum Gasteiger partial charge on any atom is -0.481 e. The van der Waals surface area contributed by atoms with Crippen molar-refractivity contribution in [2.75, 3.05) is 33.2 Å². The second kappa shape index (κ2) is 4.29. The van der Waals surface area contributed by atoms with Crippen LogP contribution in [-0.4, -0.2) is 60.0 Å². The Morgan fingerprint density at radius 3 is 2.53 bits per heavy atom. The summed E-state index contributed by atoms with van der Waals surface area (Å²) in [6, 6.07) is 0. The largest absolute Gasteiger partial charge is 0.481 e. The number of carbonyl (C=O) groups is 2. The van der Waals surface area contributed by atoms with Gasteiger partial charge in [0.1, 0.15) is 0 Å². The van der Waals surface area contributed by atoms with Gasteiger partial charge in [0.05, 0.1) is 11.3 Å². The summed E-state index contributed by atoms with van der Waals surface area (Å²) in [4.78, 5) is 27.2. The first-order valence-corrected chi connectivity index (χ1v) is 6.13. The molecule has 2 unspecified atom stereocenters. The number of carbonyl (C=O) groups excluding carboxylic acids is 1. The fourth-order valence-electron chi connectivity index (χ4n) is 2.72. The Labute approximate surface area is 101 Å². The Bertz CT molecular complexity index is 345. The smallest absolute Gasteiger partial charge is 0.311 e. The highest BCUT2D eigenvalue weighted by Crippen LogP contribution is 2.31. The van der Waals surface area contributed by atoms with Gasteiger partial charge in [-0.25, -0.2) is 0 Å². The molecule has 0 aromatic rings. The number of hydrogen-bond donors (Lipinski definition) is 1. The van der Waals surface area contributed by atoms with Crippen molar-refractivity contribution in [1.82, 2.24) is 9.80 Å². The predicted molar refractivity (Wildman–Crippen MR) is 62.5 cm³/mol. The van der Waals surface area contributed by atoms with Crippen molar-refractivity contribution in [3.63, 3.8) is 0 Å². The summed E-state index contributed by atoms with van der Waals surface area (Å²) in [5.74, 6) is -0.591. The van der Waals surface area contributed by atoms with Gasteiger partial charge >= 0.3 is 5.97 Å². The lowest BCUT2D eigenvalue weighted by Gasteiger charge is -2.22. The average molecular weight is 240 g/mol. The molecule has 0 spiro atoms. The van der Waals surface area contributed by atoms with Crippen LogP contribution in [0.15, 0.2) is 0 Å². The summed E-state index contributed by atoms with van der Waals surface area (Å²) in [6.45, 7) is 4.44. The van der Waals surface area contributed by atoms with Gasteiger partial charge < -0.3 is 14.9 Å². The van der Waals surface area contributed by atoms with Gasteiger partial charge in [0, 0.05) is 19.6 Å². The van der Waals surface area contributed by atoms with E-state index in [1.807, 2.05) is 7.05 Å². The van der Waals surface area contributed by atoms with Gasteiger partial charge in [-0.2, -0.15) is 0 Å². The highest BCUT2D eigenvalue weighted by Gasteiger charge is 2.43. The molecule has 2 aliphatic heterocycles. The van der Waals surface area contributed by atoms with Crippen LogP contribution in [0, 0.1) is 11.3 Å². The number of likely N-dealkylation sites (tertiary alicyclic amines) is 2. The molecular weight excluding hydrogens is 220 g/mol. The Kier molecular flexibility index (Phi) is 3.12. The van der Waals surface area contributed by atoms with E-state index < -0.39 is 11.4 Å². The van der Waals surface area contributed by atoms with E-state index in [0.29, 0.717) is 19.5 Å². The number of hydrogen-bond acceptors (Lipinski definition) is 3. The van der Waals surface area contributed by atoms with Crippen LogP contribution >= 0.6 is 0 Å². The second-order valence-electron chi connectivity index (χ2n) is 5.62. The molecule has 0 aliphatic carbocycles. The van der Waals surface area contributed by atoms with Crippen LogP contribution in [0.4, 0.5) is 0 Å². The Hall–Kier alpha value is -1.10. The Morgan fingerprint density at radius 2 is 2.06 bits per heavy atom. The van der Waals surface area contributed by atoms with E-state index in [4.69, 9.17) is 5.11 Å². The summed E-state index contributed by atoms with van der Waals surface area (Å²) in [7, 11) is 2.01. The van der Waals surface area contributed by atoms with E-state index >= 15 is 0 Å². The van der Waals surface area contributed by atoms with E-state index in [1.165, 1.54) is 0 Å². The lowest BCUT2D eigenvalue weighted by Crippen LogP contribution is -2.38. The monoisotopic (exact) mass is 240 g/mol. The SMILES string of the molecule is CN1CCC(C(=O)N2CCC(C)(C(=O)O)C2)C1. The average Bonchev–Trinajstić information content (AvgIpc) is 2.85. The van der Waals surface area contributed by atoms with Gasteiger partial charge in [-0.1, -0.05) is 0 Å². The Morgan fingerprint density at radius 1 is 1.35 bits per heavy atom. The summed E-state index contributed by atoms with van der Waals surface area (Å²) in [5.41, 5.74) is -0.750. The first-order valence-electron chi connectivity index (χ1n) is 6.13. The van der Waals surface area contributed by atoms with Crippen molar-refractivity contribution in [2.24, 2.45) is 11.3 Å². The third-order valence-corrected chi connectivity index (χ3v) is 4.04. The van der Waals surface area contributed by atoms with Gasteiger partial charge in [0.25, 0.3) is 0 Å². The molecule has 0 aromatic heterocycles. The minimum absolute atomic E-state index is 0.0659. The third-order valence-electron chi connectivity index (χ3n) is 4.04. The Balaban J connectivity index is 1.97. The molecule has 2 atom stereocenters. The van der Waals surface area contributed by atoms with Crippen molar-refractivity contribution in [1.29, 1.82) is 0 Å². The molecule has 2 heterocycles. The molecule has 0 bridgehead atoms. The van der Waals surface area contributed by atoms with Gasteiger partial charge in [-0.05, 0) is 33.4 Å². The number of amides is 1. The molecule has 1 N–H and O–H groups in total. The molecule has 96 valence electrons. The number of carboxylic acid groups (broad SMARTS) is 1. The van der Waals surface area contributed by atoms with Crippen LogP contribution in [0.2, 0.25) is 0 Å². The fourth-order valence-corrected chi connectivity index (χ4v) is 2.72. The van der Waals surface area contributed by atoms with Crippen LogP contribution < -0.4 is 0 Å². The number of rotatable bonds is 2. The highest BCUT2D eigenvalue weighted by atomic mass is 16.4. The van der Waals surface area contributed by atoms with Crippen LogP contribution in [0.3, 0.4) is 0 Å².